The summed E-state index contributed by atoms with van der Waals surface area (Å²) < 4.78 is 78.6. The number of fused-ring (bicyclic) bond motifs is 5. The second kappa shape index (κ2) is 13.7. The van der Waals surface area contributed by atoms with Gasteiger partial charge in [-0.15, -0.1) is 0 Å². The van der Waals surface area contributed by atoms with Gasteiger partial charge in [0, 0.05) is 12.3 Å². The molecule has 3 aliphatic carbocycles. The minimum atomic E-state index is -5.46. The number of nitrogens with zero attached hydrogens (tertiary/aromatic N) is 1. The average molecular weight is 606 g/mol. The smallest absolute Gasteiger partial charge is 0.453 e. The molecule has 0 unspecified atom stereocenters. The van der Waals surface area contributed by atoms with Gasteiger partial charge in [0.25, 0.3) is 0 Å². The Morgan fingerprint density at radius 1 is 0.929 bits per heavy atom. The molecule has 0 spiro atoms. The van der Waals surface area contributed by atoms with E-state index in [-0.39, 0.29) is 29.4 Å². The molecule has 3 nitrogen and oxygen atoms in total. The third kappa shape index (κ3) is 7.41. The number of aliphatic hydroxyl groups is 1. The Hall–Kier alpha value is -1.48. The Morgan fingerprint density at radius 2 is 1.57 bits per heavy atom. The zero-order valence-corrected chi connectivity index (χ0v) is 25.1. The number of hydrogen-bond acceptors (Lipinski definition) is 3. The summed E-state index contributed by atoms with van der Waals surface area (Å²) >= 11 is 0. The number of phenolic OH excluding ortho intramolecular Hbond substituents is 1. The van der Waals surface area contributed by atoms with Crippen LogP contribution >= 0.6 is 0 Å². The molecule has 0 aliphatic heterocycles. The van der Waals surface area contributed by atoms with E-state index < -0.39 is 30.8 Å². The summed E-state index contributed by atoms with van der Waals surface area (Å²) in [6.45, 7) is 3.79. The van der Waals surface area contributed by atoms with E-state index in [2.05, 4.69) is 11.8 Å². The topological polar surface area (TPSA) is 43.7 Å². The normalized spacial score (nSPS) is 31.2. The van der Waals surface area contributed by atoms with Gasteiger partial charge in [-0.05, 0) is 118 Å². The van der Waals surface area contributed by atoms with Crippen LogP contribution in [0.5, 0.6) is 5.75 Å². The van der Waals surface area contributed by atoms with Crippen molar-refractivity contribution in [1.29, 1.82) is 0 Å². The van der Waals surface area contributed by atoms with Gasteiger partial charge in [0.2, 0.25) is 0 Å². The highest BCUT2D eigenvalue weighted by molar-refractivity contribution is 5.41. The number of hydrogen-bond donors (Lipinski definition) is 2. The lowest BCUT2D eigenvalue weighted by Gasteiger charge is -2.54. The summed E-state index contributed by atoms with van der Waals surface area (Å²) in [5.74, 6) is -3.69. The molecule has 2 saturated carbocycles. The summed E-state index contributed by atoms with van der Waals surface area (Å²) in [7, 11) is 2.01. The van der Waals surface area contributed by atoms with Crippen LogP contribution in [-0.2, 0) is 6.42 Å². The molecule has 0 amide bonds. The molecule has 240 valence electrons. The van der Waals surface area contributed by atoms with E-state index in [1.165, 1.54) is 0 Å². The number of aromatic hydroxyl groups is 1. The van der Waals surface area contributed by atoms with Crippen LogP contribution in [0, 0.1) is 23.2 Å². The first kappa shape index (κ1) is 33.4. The second-order valence-electron chi connectivity index (χ2n) is 13.7. The van der Waals surface area contributed by atoms with Crippen molar-refractivity contribution in [3.63, 3.8) is 0 Å². The molecule has 0 saturated heterocycles. The van der Waals surface area contributed by atoms with E-state index in [1.807, 2.05) is 19.2 Å². The van der Waals surface area contributed by atoms with Crippen molar-refractivity contribution in [3.8, 4) is 5.75 Å². The highest BCUT2D eigenvalue weighted by Gasteiger charge is 2.60. The van der Waals surface area contributed by atoms with Gasteiger partial charge in [0.05, 0.1) is 6.10 Å². The first-order valence-corrected chi connectivity index (χ1v) is 16.0. The summed E-state index contributed by atoms with van der Waals surface area (Å²) in [6, 6.07) is 5.41. The predicted molar refractivity (Wildman–Crippen MR) is 153 cm³/mol. The maximum absolute atomic E-state index is 15.9. The summed E-state index contributed by atoms with van der Waals surface area (Å²) in [6.07, 6.45) is 1.79. The highest BCUT2D eigenvalue weighted by atomic mass is 19.4. The Morgan fingerprint density at radius 3 is 2.24 bits per heavy atom. The molecule has 1 aromatic carbocycles. The minimum Gasteiger partial charge on any atom is -0.508 e. The van der Waals surface area contributed by atoms with E-state index in [0.717, 1.165) is 82.0 Å². The second-order valence-corrected chi connectivity index (χ2v) is 13.7. The summed E-state index contributed by atoms with van der Waals surface area (Å²) in [5, 5.41) is 20.9. The highest BCUT2D eigenvalue weighted by Crippen LogP contribution is 2.63. The SMILES string of the molecule is CN(CCCCCC[C@@H]1Cc2cc(O)ccc2[C@@H]2[C@@H]1[C@@H]1CC[C@H](O)[C@@]1(C)C[C@@H]2F)CCCCCCC(F)(F)C(F)(F)F. The van der Waals surface area contributed by atoms with Crippen molar-refractivity contribution in [2.45, 2.75) is 127 Å². The van der Waals surface area contributed by atoms with Crippen molar-refractivity contribution in [1.82, 2.24) is 4.90 Å². The van der Waals surface area contributed by atoms with Gasteiger partial charge in [-0.25, -0.2) is 4.39 Å². The van der Waals surface area contributed by atoms with Crippen LogP contribution in [0.1, 0.15) is 107 Å². The monoisotopic (exact) mass is 605 g/mol. The molecule has 0 bridgehead atoms. The van der Waals surface area contributed by atoms with Gasteiger partial charge in [-0.2, -0.15) is 22.0 Å². The Balaban J connectivity index is 1.19. The summed E-state index contributed by atoms with van der Waals surface area (Å²) in [4.78, 5) is 2.19. The lowest BCUT2D eigenvalue weighted by Crippen LogP contribution is -2.51. The third-order valence-electron chi connectivity index (χ3n) is 10.8. The maximum atomic E-state index is 15.9. The minimum absolute atomic E-state index is 0.127. The Labute approximate surface area is 247 Å². The van der Waals surface area contributed by atoms with Crippen molar-refractivity contribution < 1.29 is 36.6 Å². The molecule has 0 aromatic heterocycles. The van der Waals surface area contributed by atoms with E-state index in [4.69, 9.17) is 0 Å². The fraction of sp³-hybridized carbons (Fsp3) is 0.818. The van der Waals surface area contributed by atoms with Crippen molar-refractivity contribution in [2.24, 2.45) is 23.2 Å². The van der Waals surface area contributed by atoms with Crippen LogP contribution in [0.25, 0.3) is 0 Å². The van der Waals surface area contributed by atoms with Gasteiger partial charge in [0.15, 0.2) is 0 Å². The predicted octanol–water partition coefficient (Wildman–Crippen LogP) is 8.81. The Bertz CT molecular complexity index is 1020. The van der Waals surface area contributed by atoms with Gasteiger partial charge >= 0.3 is 12.1 Å². The molecule has 7 atom stereocenters. The first-order chi connectivity index (χ1) is 19.7. The van der Waals surface area contributed by atoms with Gasteiger partial charge in [0.1, 0.15) is 11.9 Å². The molecule has 4 rings (SSSR count). The quantitative estimate of drug-likeness (QED) is 0.165. The molecule has 2 fully saturated rings. The molecule has 1 aromatic rings. The van der Waals surface area contributed by atoms with Crippen molar-refractivity contribution in [3.05, 3.63) is 29.3 Å². The van der Waals surface area contributed by atoms with E-state index >= 15 is 4.39 Å². The fourth-order valence-electron chi connectivity index (χ4n) is 8.51. The first-order valence-electron chi connectivity index (χ1n) is 16.0. The van der Waals surface area contributed by atoms with Crippen LogP contribution in [0.2, 0.25) is 0 Å². The van der Waals surface area contributed by atoms with Crippen molar-refractivity contribution >= 4 is 0 Å². The Kier molecular flexibility index (Phi) is 10.9. The average Bonchev–Trinajstić information content (AvgIpc) is 3.20. The lowest BCUT2D eigenvalue weighted by molar-refractivity contribution is -0.284. The zero-order chi connectivity index (χ0) is 30.7. The number of halogens is 6. The van der Waals surface area contributed by atoms with E-state index in [0.29, 0.717) is 31.1 Å². The van der Waals surface area contributed by atoms with Crippen molar-refractivity contribution in [2.75, 3.05) is 20.1 Å². The number of alkyl halides is 6. The third-order valence-corrected chi connectivity index (χ3v) is 10.8. The molecule has 0 radical (unpaired) electrons. The molecule has 9 heteroatoms. The molecule has 2 N–H and O–H groups in total. The molecular weight excluding hydrogens is 556 g/mol. The van der Waals surface area contributed by atoms with Gasteiger partial charge in [-0.3, -0.25) is 0 Å². The van der Waals surface area contributed by atoms with Crippen LogP contribution in [0.15, 0.2) is 18.2 Å². The van der Waals surface area contributed by atoms with E-state index in [1.54, 1.807) is 6.07 Å². The standard InChI is InChI=1S/C33H49F6NO2/c1-31-21-27(34)30-25-13-12-24(41)20-23(25)19-22(29(30)26(31)14-15-28(31)42)11-7-3-5-9-17-40(2)18-10-6-4-8-16-32(35,36)33(37,38)39/h12-13,20,22,26-30,41-42H,3-11,14-19,21H2,1-2H3/t22-,26+,27+,28+,29+,30+,31+/m1/s1. The molecule has 42 heavy (non-hydrogen) atoms. The van der Waals surface area contributed by atoms with E-state index in [9.17, 15) is 32.2 Å². The lowest BCUT2D eigenvalue weighted by atomic mass is 9.51. The molecular formula is C33H49F6NO2. The number of benzene rings is 1. The van der Waals surface area contributed by atoms with Gasteiger partial charge < -0.3 is 15.1 Å². The number of unbranched alkanes of at least 4 members (excludes halogenated alkanes) is 6. The van der Waals surface area contributed by atoms with Crippen LogP contribution in [-0.4, -0.2) is 59.6 Å². The molecule has 3 aliphatic rings. The fourth-order valence-corrected chi connectivity index (χ4v) is 8.51. The number of aliphatic hydroxyl groups excluding tert-OH is 1. The summed E-state index contributed by atoms with van der Waals surface area (Å²) in [5.41, 5.74) is 1.75. The molecule has 0 heterocycles. The largest absolute Gasteiger partial charge is 0.508 e. The number of phenols is 1. The van der Waals surface area contributed by atoms with Crippen LogP contribution < -0.4 is 0 Å². The van der Waals surface area contributed by atoms with Gasteiger partial charge in [-0.1, -0.05) is 45.1 Å². The number of rotatable bonds is 14. The van der Waals surface area contributed by atoms with Crippen LogP contribution in [0.4, 0.5) is 26.3 Å². The zero-order valence-electron chi connectivity index (χ0n) is 25.1. The maximum Gasteiger partial charge on any atom is 0.453 e. The van der Waals surface area contributed by atoms with Crippen LogP contribution in [0.3, 0.4) is 0 Å².